The quantitative estimate of drug-likeness (QED) is 0.528. The first-order chi connectivity index (χ1) is 6.11. The summed E-state index contributed by atoms with van der Waals surface area (Å²) in [7, 11) is 0. The van der Waals surface area contributed by atoms with E-state index in [-0.39, 0.29) is 5.91 Å². The average molecular weight is 188 g/mol. The maximum atomic E-state index is 11.4. The van der Waals surface area contributed by atoms with Gasteiger partial charge < -0.3 is 20.5 Å². The van der Waals surface area contributed by atoms with E-state index < -0.39 is 12.1 Å². The Bertz CT molecular complexity index is 184. The van der Waals surface area contributed by atoms with E-state index in [1.54, 1.807) is 11.8 Å². The monoisotopic (exact) mass is 188 g/mol. The fraction of sp³-hybridized carbons (Fsp3) is 0.875. The number of aliphatic hydroxyl groups excluding tert-OH is 1. The summed E-state index contributed by atoms with van der Waals surface area (Å²) in [5.74, 6) is -0.135. The lowest BCUT2D eigenvalue weighted by Gasteiger charge is -2.22. The molecule has 1 aliphatic rings. The number of rotatable bonds is 1. The second kappa shape index (κ2) is 4.55. The maximum absolute atomic E-state index is 11.4. The highest BCUT2D eigenvalue weighted by Crippen LogP contribution is 2.01. The number of β-amino-alcohol motifs (C(OH)–C–C–N with tert-alkyl or cyclic N) is 1. The zero-order chi connectivity index (χ0) is 9.84. The fourth-order valence-corrected chi connectivity index (χ4v) is 1.28. The SMILES string of the molecule is CC(N)C(=O)N1CCOCC(O)C1. The van der Waals surface area contributed by atoms with Crippen LogP contribution < -0.4 is 5.73 Å². The van der Waals surface area contributed by atoms with Crippen LogP contribution in [0.15, 0.2) is 0 Å². The van der Waals surface area contributed by atoms with Crippen LogP contribution in [-0.2, 0) is 9.53 Å². The van der Waals surface area contributed by atoms with Crippen LogP contribution in [-0.4, -0.2) is 54.4 Å². The van der Waals surface area contributed by atoms with Crippen LogP contribution in [0.25, 0.3) is 0 Å². The Kier molecular flexibility index (Phi) is 3.65. The van der Waals surface area contributed by atoms with E-state index in [4.69, 9.17) is 10.5 Å². The van der Waals surface area contributed by atoms with Crippen molar-refractivity contribution in [1.29, 1.82) is 0 Å². The van der Waals surface area contributed by atoms with Gasteiger partial charge in [-0.15, -0.1) is 0 Å². The molecule has 5 heteroatoms. The Labute approximate surface area is 77.5 Å². The van der Waals surface area contributed by atoms with Crippen molar-refractivity contribution in [3.8, 4) is 0 Å². The molecular weight excluding hydrogens is 172 g/mol. The van der Waals surface area contributed by atoms with Gasteiger partial charge in [-0.25, -0.2) is 0 Å². The van der Waals surface area contributed by atoms with Gasteiger partial charge in [0.25, 0.3) is 0 Å². The van der Waals surface area contributed by atoms with E-state index in [0.717, 1.165) is 0 Å². The lowest BCUT2D eigenvalue weighted by Crippen LogP contribution is -2.45. The van der Waals surface area contributed by atoms with E-state index in [1.807, 2.05) is 0 Å². The Morgan fingerprint density at radius 3 is 3.08 bits per heavy atom. The lowest BCUT2D eigenvalue weighted by atomic mass is 10.2. The van der Waals surface area contributed by atoms with Crippen molar-refractivity contribution in [2.24, 2.45) is 5.73 Å². The summed E-state index contributed by atoms with van der Waals surface area (Å²) in [5, 5.41) is 9.33. The number of nitrogens with two attached hydrogens (primary N) is 1. The van der Waals surface area contributed by atoms with Crippen LogP contribution in [0.3, 0.4) is 0 Å². The highest BCUT2D eigenvalue weighted by Gasteiger charge is 2.22. The van der Waals surface area contributed by atoms with E-state index in [2.05, 4.69) is 0 Å². The second-order valence-electron chi connectivity index (χ2n) is 3.30. The van der Waals surface area contributed by atoms with Gasteiger partial charge in [0.1, 0.15) is 0 Å². The molecule has 1 aliphatic heterocycles. The number of aliphatic hydroxyl groups is 1. The standard InChI is InChI=1S/C8H16N2O3/c1-6(9)8(12)10-2-3-13-5-7(11)4-10/h6-7,11H,2-5,9H2,1H3. The van der Waals surface area contributed by atoms with Gasteiger partial charge in [0.15, 0.2) is 0 Å². The van der Waals surface area contributed by atoms with Gasteiger partial charge >= 0.3 is 0 Å². The van der Waals surface area contributed by atoms with Gasteiger partial charge in [0.05, 0.1) is 25.4 Å². The molecule has 3 N–H and O–H groups in total. The van der Waals surface area contributed by atoms with Crippen molar-refractivity contribution in [3.05, 3.63) is 0 Å². The number of nitrogens with zero attached hydrogens (tertiary/aromatic N) is 1. The maximum Gasteiger partial charge on any atom is 0.239 e. The first-order valence-electron chi connectivity index (χ1n) is 4.41. The molecule has 1 saturated heterocycles. The van der Waals surface area contributed by atoms with Gasteiger partial charge in [-0.2, -0.15) is 0 Å². The highest BCUT2D eigenvalue weighted by molar-refractivity contribution is 5.81. The van der Waals surface area contributed by atoms with Crippen LogP contribution in [0.5, 0.6) is 0 Å². The van der Waals surface area contributed by atoms with Crippen molar-refractivity contribution in [2.75, 3.05) is 26.3 Å². The number of ether oxygens (including phenoxy) is 1. The van der Waals surface area contributed by atoms with E-state index in [1.165, 1.54) is 0 Å². The van der Waals surface area contributed by atoms with Crippen molar-refractivity contribution in [2.45, 2.75) is 19.1 Å². The van der Waals surface area contributed by atoms with Crippen LogP contribution in [0, 0.1) is 0 Å². The summed E-state index contributed by atoms with van der Waals surface area (Å²) in [6, 6.07) is -0.509. The first-order valence-corrected chi connectivity index (χ1v) is 4.41. The largest absolute Gasteiger partial charge is 0.389 e. The molecule has 2 unspecified atom stereocenters. The Balaban J connectivity index is 2.52. The molecule has 0 aromatic heterocycles. The predicted octanol–water partition coefficient (Wildman–Crippen LogP) is -1.45. The summed E-state index contributed by atoms with van der Waals surface area (Å²) >= 11 is 0. The topological polar surface area (TPSA) is 75.8 Å². The normalized spacial score (nSPS) is 26.7. The molecule has 0 spiro atoms. The molecule has 13 heavy (non-hydrogen) atoms. The number of hydrogen-bond donors (Lipinski definition) is 2. The Hall–Kier alpha value is -0.650. The zero-order valence-electron chi connectivity index (χ0n) is 7.77. The first kappa shape index (κ1) is 10.4. The van der Waals surface area contributed by atoms with Crippen LogP contribution in [0.4, 0.5) is 0 Å². The van der Waals surface area contributed by atoms with E-state index in [9.17, 15) is 9.90 Å². The molecular formula is C8H16N2O3. The number of hydrogen-bond acceptors (Lipinski definition) is 4. The smallest absolute Gasteiger partial charge is 0.239 e. The average Bonchev–Trinajstić information content (AvgIpc) is 2.28. The number of carbonyl (C=O) groups excluding carboxylic acids is 1. The molecule has 0 radical (unpaired) electrons. The lowest BCUT2D eigenvalue weighted by molar-refractivity contribution is -0.133. The summed E-state index contributed by atoms with van der Waals surface area (Å²) in [5.41, 5.74) is 5.45. The second-order valence-corrected chi connectivity index (χ2v) is 3.30. The minimum Gasteiger partial charge on any atom is -0.389 e. The van der Waals surface area contributed by atoms with Crippen molar-refractivity contribution in [1.82, 2.24) is 4.90 Å². The molecule has 0 saturated carbocycles. The molecule has 76 valence electrons. The van der Waals surface area contributed by atoms with Crippen molar-refractivity contribution < 1.29 is 14.6 Å². The van der Waals surface area contributed by atoms with Gasteiger partial charge in [0, 0.05) is 13.1 Å². The Morgan fingerprint density at radius 2 is 2.46 bits per heavy atom. The number of amides is 1. The minimum atomic E-state index is -0.592. The van der Waals surface area contributed by atoms with E-state index >= 15 is 0 Å². The van der Waals surface area contributed by atoms with Crippen molar-refractivity contribution in [3.63, 3.8) is 0 Å². The summed E-state index contributed by atoms with van der Waals surface area (Å²) in [6.07, 6.45) is -0.592. The highest BCUT2D eigenvalue weighted by atomic mass is 16.5. The third-order valence-corrected chi connectivity index (χ3v) is 1.95. The predicted molar refractivity (Wildman–Crippen MR) is 47.1 cm³/mol. The molecule has 1 fully saturated rings. The third-order valence-electron chi connectivity index (χ3n) is 1.95. The van der Waals surface area contributed by atoms with Crippen LogP contribution in [0.1, 0.15) is 6.92 Å². The zero-order valence-corrected chi connectivity index (χ0v) is 7.77. The summed E-state index contributed by atoms with van der Waals surface area (Å²) < 4.78 is 5.08. The molecule has 0 aliphatic carbocycles. The van der Waals surface area contributed by atoms with Gasteiger partial charge in [-0.05, 0) is 6.92 Å². The van der Waals surface area contributed by atoms with Gasteiger partial charge in [-0.3, -0.25) is 4.79 Å². The molecule has 1 amide bonds. The van der Waals surface area contributed by atoms with Gasteiger partial charge in [-0.1, -0.05) is 0 Å². The third kappa shape index (κ3) is 2.95. The van der Waals surface area contributed by atoms with Crippen molar-refractivity contribution >= 4 is 5.91 Å². The van der Waals surface area contributed by atoms with Gasteiger partial charge in [0.2, 0.25) is 5.91 Å². The molecule has 1 rings (SSSR count). The minimum absolute atomic E-state index is 0.135. The number of carbonyl (C=O) groups is 1. The molecule has 1 heterocycles. The fourth-order valence-electron chi connectivity index (χ4n) is 1.28. The molecule has 0 bridgehead atoms. The summed E-state index contributed by atoms with van der Waals surface area (Å²) in [4.78, 5) is 13.0. The molecule has 0 aromatic carbocycles. The van der Waals surface area contributed by atoms with Crippen LogP contribution >= 0.6 is 0 Å². The summed E-state index contributed by atoms with van der Waals surface area (Å²) in [6.45, 7) is 3.23. The molecule has 0 aromatic rings. The van der Waals surface area contributed by atoms with Crippen LogP contribution in [0.2, 0.25) is 0 Å². The molecule has 5 nitrogen and oxygen atoms in total. The van der Waals surface area contributed by atoms with E-state index in [0.29, 0.717) is 26.3 Å². The molecule has 2 atom stereocenters. The Morgan fingerprint density at radius 1 is 1.77 bits per heavy atom.